The molecule has 1 aromatic rings. The molecule has 4 nitrogen and oxygen atoms in total. The molecule has 0 aromatic heterocycles. The summed E-state index contributed by atoms with van der Waals surface area (Å²) >= 11 is 0. The van der Waals surface area contributed by atoms with E-state index in [2.05, 4.69) is 0 Å². The predicted molar refractivity (Wildman–Crippen MR) is 62.3 cm³/mol. The van der Waals surface area contributed by atoms with Gasteiger partial charge in [0.05, 0.1) is 0 Å². The first-order chi connectivity index (χ1) is 7.06. The number of carbonyl (C=O) groups is 1. The maximum atomic E-state index is 11.5. The number of methoxy groups -OCH3 is 1. The van der Waals surface area contributed by atoms with Crippen molar-refractivity contribution in [3.8, 4) is 0 Å². The van der Waals surface area contributed by atoms with Crippen LogP contribution in [0, 0.1) is 0 Å². The summed E-state index contributed by atoms with van der Waals surface area (Å²) in [4.78, 5) is 11.5. The Balaban J connectivity index is 0.00000225. The zero-order chi connectivity index (χ0) is 11.3. The molecule has 0 saturated carbocycles. The zero-order valence-electron chi connectivity index (χ0n) is 10.0. The summed E-state index contributed by atoms with van der Waals surface area (Å²) in [5, 5.41) is 0. The molecular formula is C12H19NO3. The Kier molecular flexibility index (Phi) is 5.71. The van der Waals surface area contributed by atoms with E-state index >= 15 is 0 Å². The highest BCUT2D eigenvalue weighted by molar-refractivity contribution is 5.78. The van der Waals surface area contributed by atoms with Crippen LogP contribution in [0.4, 0.5) is 0 Å². The van der Waals surface area contributed by atoms with Crippen molar-refractivity contribution in [2.45, 2.75) is 26.1 Å². The number of ether oxygens (including phenoxy) is 2. The molecule has 0 heterocycles. The number of carbonyl (C=O) groups excluding carboxylic acids is 1. The average Bonchev–Trinajstić information content (AvgIpc) is 2.27. The van der Waals surface area contributed by atoms with Gasteiger partial charge in [-0.2, -0.15) is 0 Å². The fourth-order valence-corrected chi connectivity index (χ4v) is 0.980. The lowest BCUT2D eigenvalue weighted by Crippen LogP contribution is -2.35. The summed E-state index contributed by atoms with van der Waals surface area (Å²) in [6.07, 6.45) is 0. The fourth-order valence-electron chi connectivity index (χ4n) is 0.980. The maximum absolute atomic E-state index is 11.5. The molecule has 0 amide bonds. The van der Waals surface area contributed by atoms with E-state index in [1.54, 1.807) is 13.8 Å². The molecule has 16 heavy (non-hydrogen) atoms. The topological polar surface area (TPSA) is 70.5 Å². The van der Waals surface area contributed by atoms with Crippen molar-refractivity contribution >= 4 is 5.97 Å². The van der Waals surface area contributed by atoms with E-state index in [1.807, 2.05) is 30.3 Å². The van der Waals surface area contributed by atoms with E-state index in [0.717, 1.165) is 5.56 Å². The number of hydrogen-bond acceptors (Lipinski definition) is 4. The summed E-state index contributed by atoms with van der Waals surface area (Å²) in [6, 6.07) is 9.56. The van der Waals surface area contributed by atoms with E-state index in [9.17, 15) is 4.79 Å². The lowest BCUT2D eigenvalue weighted by Gasteiger charge is -2.20. The molecule has 0 spiro atoms. The molecule has 0 saturated heterocycles. The molecule has 0 unspecified atom stereocenters. The van der Waals surface area contributed by atoms with Crippen LogP contribution in [-0.4, -0.2) is 18.7 Å². The van der Waals surface area contributed by atoms with Gasteiger partial charge in [0.2, 0.25) is 0 Å². The van der Waals surface area contributed by atoms with Crippen LogP contribution < -0.4 is 6.15 Å². The summed E-state index contributed by atoms with van der Waals surface area (Å²) in [6.45, 7) is 3.65. The Morgan fingerprint density at radius 2 is 1.81 bits per heavy atom. The fraction of sp³-hybridized carbons (Fsp3) is 0.417. The van der Waals surface area contributed by atoms with Crippen molar-refractivity contribution in [1.82, 2.24) is 6.15 Å². The highest BCUT2D eigenvalue weighted by Crippen LogP contribution is 2.11. The third-order valence-corrected chi connectivity index (χ3v) is 2.21. The standard InChI is InChI=1S/C12H16O3.H3N/c1-12(2,14-3)11(13)15-9-10-7-5-4-6-8-10;/h4-8H,9H2,1-3H3;1H3. The van der Waals surface area contributed by atoms with Crippen LogP contribution in [0.3, 0.4) is 0 Å². The van der Waals surface area contributed by atoms with Gasteiger partial charge in [-0.3, -0.25) is 0 Å². The van der Waals surface area contributed by atoms with Crippen LogP contribution in [0.5, 0.6) is 0 Å². The molecule has 1 rings (SSSR count). The van der Waals surface area contributed by atoms with Crippen LogP contribution in [0.2, 0.25) is 0 Å². The zero-order valence-corrected chi connectivity index (χ0v) is 10.0. The second kappa shape index (κ2) is 6.25. The second-order valence-electron chi connectivity index (χ2n) is 3.78. The van der Waals surface area contributed by atoms with Crippen LogP contribution in [-0.2, 0) is 20.9 Å². The third kappa shape index (κ3) is 4.00. The number of benzene rings is 1. The molecule has 0 bridgehead atoms. The van der Waals surface area contributed by atoms with Crippen LogP contribution in [0.25, 0.3) is 0 Å². The largest absolute Gasteiger partial charge is 0.459 e. The number of hydrogen-bond donors (Lipinski definition) is 1. The lowest BCUT2D eigenvalue weighted by atomic mass is 10.1. The SMILES string of the molecule is COC(C)(C)C(=O)OCc1ccccc1.N. The Hall–Kier alpha value is -1.39. The minimum absolute atomic E-state index is 0. The molecule has 0 aliphatic rings. The van der Waals surface area contributed by atoms with E-state index < -0.39 is 5.60 Å². The normalized spacial score (nSPS) is 10.4. The van der Waals surface area contributed by atoms with Gasteiger partial charge in [-0.15, -0.1) is 0 Å². The monoisotopic (exact) mass is 225 g/mol. The van der Waals surface area contributed by atoms with Crippen LogP contribution in [0.15, 0.2) is 30.3 Å². The first kappa shape index (κ1) is 14.6. The van der Waals surface area contributed by atoms with Crippen molar-refractivity contribution in [1.29, 1.82) is 0 Å². The Morgan fingerprint density at radius 1 is 1.25 bits per heavy atom. The first-order valence-electron chi connectivity index (χ1n) is 4.82. The lowest BCUT2D eigenvalue weighted by molar-refractivity contribution is -0.166. The molecule has 0 aliphatic heterocycles. The molecule has 1 aromatic carbocycles. The Bertz CT molecular complexity index is 322. The summed E-state index contributed by atoms with van der Waals surface area (Å²) < 4.78 is 10.1. The van der Waals surface area contributed by atoms with Gasteiger partial charge in [-0.25, -0.2) is 4.79 Å². The predicted octanol–water partition coefficient (Wildman–Crippen LogP) is 2.32. The molecule has 3 N–H and O–H groups in total. The average molecular weight is 225 g/mol. The summed E-state index contributed by atoms with van der Waals surface area (Å²) in [5.41, 5.74) is 0.0900. The summed E-state index contributed by atoms with van der Waals surface area (Å²) in [5.74, 6) is -0.353. The highest BCUT2D eigenvalue weighted by Gasteiger charge is 2.28. The minimum Gasteiger partial charge on any atom is -0.459 e. The van der Waals surface area contributed by atoms with Gasteiger partial charge >= 0.3 is 5.97 Å². The molecule has 0 aliphatic carbocycles. The van der Waals surface area contributed by atoms with Crippen molar-refractivity contribution in [2.75, 3.05) is 7.11 Å². The van der Waals surface area contributed by atoms with Gasteiger partial charge in [-0.1, -0.05) is 30.3 Å². The molecule has 0 atom stereocenters. The minimum atomic E-state index is -0.880. The summed E-state index contributed by atoms with van der Waals surface area (Å²) in [7, 11) is 1.49. The highest BCUT2D eigenvalue weighted by atomic mass is 16.6. The van der Waals surface area contributed by atoms with Gasteiger partial charge in [0.25, 0.3) is 0 Å². The van der Waals surface area contributed by atoms with Gasteiger partial charge in [0.1, 0.15) is 6.61 Å². The van der Waals surface area contributed by atoms with Gasteiger partial charge < -0.3 is 15.6 Å². The molecule has 90 valence electrons. The second-order valence-corrected chi connectivity index (χ2v) is 3.78. The first-order valence-corrected chi connectivity index (χ1v) is 4.82. The van der Waals surface area contributed by atoms with Gasteiger partial charge in [0, 0.05) is 7.11 Å². The number of rotatable bonds is 4. The molecule has 0 radical (unpaired) electrons. The molecule has 0 fully saturated rings. The van der Waals surface area contributed by atoms with Gasteiger partial charge in [-0.05, 0) is 19.4 Å². The quantitative estimate of drug-likeness (QED) is 0.798. The Morgan fingerprint density at radius 3 is 2.31 bits per heavy atom. The van der Waals surface area contributed by atoms with Crippen molar-refractivity contribution in [3.63, 3.8) is 0 Å². The van der Waals surface area contributed by atoms with Crippen LogP contribution in [0.1, 0.15) is 19.4 Å². The smallest absolute Gasteiger partial charge is 0.338 e. The number of esters is 1. The van der Waals surface area contributed by atoms with E-state index in [4.69, 9.17) is 9.47 Å². The molecular weight excluding hydrogens is 206 g/mol. The Labute approximate surface area is 96.1 Å². The van der Waals surface area contributed by atoms with E-state index in [-0.39, 0.29) is 18.7 Å². The van der Waals surface area contributed by atoms with Crippen molar-refractivity contribution < 1.29 is 14.3 Å². The third-order valence-electron chi connectivity index (χ3n) is 2.21. The molecule has 4 heteroatoms. The van der Waals surface area contributed by atoms with E-state index in [1.165, 1.54) is 7.11 Å². The van der Waals surface area contributed by atoms with E-state index in [0.29, 0.717) is 0 Å². The van der Waals surface area contributed by atoms with Gasteiger partial charge in [0.15, 0.2) is 5.60 Å². The maximum Gasteiger partial charge on any atom is 0.338 e. The van der Waals surface area contributed by atoms with Crippen molar-refractivity contribution in [2.24, 2.45) is 0 Å². The van der Waals surface area contributed by atoms with Crippen molar-refractivity contribution in [3.05, 3.63) is 35.9 Å². The van der Waals surface area contributed by atoms with Crippen LogP contribution >= 0.6 is 0 Å².